The smallest absolute Gasteiger partial charge is 0.261 e. The summed E-state index contributed by atoms with van der Waals surface area (Å²) in [5, 5.41) is 0. The van der Waals surface area contributed by atoms with Crippen LogP contribution in [0.2, 0.25) is 0 Å². The molecule has 1 saturated carbocycles. The summed E-state index contributed by atoms with van der Waals surface area (Å²) in [5.41, 5.74) is 1.09. The van der Waals surface area contributed by atoms with Gasteiger partial charge < -0.3 is 0 Å². The second-order valence-corrected chi connectivity index (χ2v) is 6.63. The molecule has 0 bridgehead atoms. The highest BCUT2D eigenvalue weighted by Crippen LogP contribution is 2.38. The minimum absolute atomic E-state index is 0.00697. The number of hydrogen-bond acceptors (Lipinski definition) is 3. The van der Waals surface area contributed by atoms with Crippen LogP contribution in [-0.4, -0.2) is 29.0 Å². The SMILES string of the molecule is O=C1c2ccccc2C(=O)N1CC1(CS)CCCCCC1. The fraction of sp³-hybridized carbons (Fsp3) is 0.529. The standard InChI is InChI=1S/C17H21NO2S/c19-15-13-7-3-4-8-14(13)16(20)18(15)11-17(12-21)9-5-1-2-6-10-17/h3-4,7-8,21H,1-2,5-6,9-12H2. The van der Waals surface area contributed by atoms with E-state index in [1.165, 1.54) is 30.6 Å². The predicted octanol–water partition coefficient (Wildman–Crippen LogP) is 3.55. The van der Waals surface area contributed by atoms with Crippen molar-refractivity contribution in [1.82, 2.24) is 4.90 Å². The molecule has 2 amide bonds. The third kappa shape index (κ3) is 2.61. The lowest BCUT2D eigenvalue weighted by Gasteiger charge is -2.34. The molecule has 1 aromatic rings. The molecule has 3 rings (SSSR count). The summed E-state index contributed by atoms with van der Waals surface area (Å²) in [4.78, 5) is 26.5. The van der Waals surface area contributed by atoms with Crippen molar-refractivity contribution in [2.45, 2.75) is 38.5 Å². The van der Waals surface area contributed by atoms with Gasteiger partial charge >= 0.3 is 0 Å². The monoisotopic (exact) mass is 303 g/mol. The van der Waals surface area contributed by atoms with E-state index in [2.05, 4.69) is 12.6 Å². The lowest BCUT2D eigenvalue weighted by molar-refractivity contribution is 0.0569. The number of nitrogens with zero attached hydrogens (tertiary/aromatic N) is 1. The van der Waals surface area contributed by atoms with Crippen molar-refractivity contribution >= 4 is 24.4 Å². The number of carbonyl (C=O) groups is 2. The maximum Gasteiger partial charge on any atom is 0.261 e. The second-order valence-electron chi connectivity index (χ2n) is 6.31. The third-order valence-corrected chi connectivity index (χ3v) is 5.54. The number of imide groups is 1. The first-order valence-electron chi connectivity index (χ1n) is 7.73. The highest BCUT2D eigenvalue weighted by Gasteiger charge is 2.41. The van der Waals surface area contributed by atoms with Gasteiger partial charge in [0, 0.05) is 6.54 Å². The van der Waals surface area contributed by atoms with Gasteiger partial charge in [-0.1, -0.05) is 37.8 Å². The molecule has 1 aromatic carbocycles. The minimum atomic E-state index is -0.138. The summed E-state index contributed by atoms with van der Waals surface area (Å²) in [5.74, 6) is 0.461. The number of benzene rings is 1. The molecule has 0 saturated heterocycles. The van der Waals surface area contributed by atoms with E-state index in [-0.39, 0.29) is 17.2 Å². The Balaban J connectivity index is 1.85. The lowest BCUT2D eigenvalue weighted by atomic mass is 9.81. The average Bonchev–Trinajstić information content (AvgIpc) is 2.70. The molecule has 3 nitrogen and oxygen atoms in total. The summed E-state index contributed by atoms with van der Waals surface area (Å²) in [6, 6.07) is 7.12. The zero-order valence-electron chi connectivity index (χ0n) is 12.2. The van der Waals surface area contributed by atoms with Crippen LogP contribution in [0.1, 0.15) is 59.2 Å². The molecular formula is C17H21NO2S. The van der Waals surface area contributed by atoms with Gasteiger partial charge in [-0.3, -0.25) is 14.5 Å². The Hall–Kier alpha value is -1.29. The van der Waals surface area contributed by atoms with Gasteiger partial charge in [-0.2, -0.15) is 12.6 Å². The molecule has 0 radical (unpaired) electrons. The Morgan fingerprint density at radius 3 is 1.95 bits per heavy atom. The van der Waals surface area contributed by atoms with E-state index in [0.717, 1.165) is 18.6 Å². The summed E-state index contributed by atoms with van der Waals surface area (Å²) in [6.45, 7) is 0.517. The number of thiol groups is 1. The summed E-state index contributed by atoms with van der Waals surface area (Å²) in [7, 11) is 0. The van der Waals surface area contributed by atoms with Crippen LogP contribution in [0.4, 0.5) is 0 Å². The molecule has 112 valence electrons. The molecule has 1 fully saturated rings. The highest BCUT2D eigenvalue weighted by molar-refractivity contribution is 7.80. The van der Waals surface area contributed by atoms with Crippen LogP contribution in [0.3, 0.4) is 0 Å². The Morgan fingerprint density at radius 1 is 0.952 bits per heavy atom. The third-order valence-electron chi connectivity index (χ3n) is 4.87. The maximum atomic E-state index is 12.5. The van der Waals surface area contributed by atoms with Crippen molar-refractivity contribution in [2.24, 2.45) is 5.41 Å². The van der Waals surface area contributed by atoms with Gasteiger partial charge in [0.2, 0.25) is 0 Å². The van der Waals surface area contributed by atoms with Crippen molar-refractivity contribution in [3.63, 3.8) is 0 Å². The van der Waals surface area contributed by atoms with Gasteiger partial charge in [0.1, 0.15) is 0 Å². The van der Waals surface area contributed by atoms with Crippen LogP contribution in [0.5, 0.6) is 0 Å². The molecular weight excluding hydrogens is 282 g/mol. The van der Waals surface area contributed by atoms with Gasteiger partial charge in [0.25, 0.3) is 11.8 Å². The second kappa shape index (κ2) is 5.84. The van der Waals surface area contributed by atoms with Crippen LogP contribution in [0, 0.1) is 5.41 Å². The Morgan fingerprint density at radius 2 is 1.48 bits per heavy atom. The Kier molecular flexibility index (Phi) is 4.07. The van der Waals surface area contributed by atoms with E-state index in [4.69, 9.17) is 0 Å². The molecule has 0 atom stereocenters. The fourth-order valence-corrected chi connectivity index (χ4v) is 3.98. The number of hydrogen-bond donors (Lipinski definition) is 1. The van der Waals surface area contributed by atoms with Gasteiger partial charge in [-0.25, -0.2) is 0 Å². The fourth-order valence-electron chi connectivity index (χ4n) is 3.56. The van der Waals surface area contributed by atoms with Gasteiger partial charge in [0.15, 0.2) is 0 Å². The topological polar surface area (TPSA) is 37.4 Å². The maximum absolute atomic E-state index is 12.5. The van der Waals surface area contributed by atoms with Crippen molar-refractivity contribution in [3.8, 4) is 0 Å². The first kappa shape index (κ1) is 14.6. The molecule has 0 unspecified atom stereocenters. The van der Waals surface area contributed by atoms with Crippen molar-refractivity contribution in [3.05, 3.63) is 35.4 Å². The largest absolute Gasteiger partial charge is 0.274 e. The van der Waals surface area contributed by atoms with E-state index in [1.54, 1.807) is 12.1 Å². The number of fused-ring (bicyclic) bond motifs is 1. The van der Waals surface area contributed by atoms with Crippen molar-refractivity contribution in [1.29, 1.82) is 0 Å². The Bertz CT molecular complexity index is 527. The minimum Gasteiger partial charge on any atom is -0.274 e. The van der Waals surface area contributed by atoms with E-state index in [1.807, 2.05) is 12.1 Å². The van der Waals surface area contributed by atoms with Gasteiger partial charge in [-0.05, 0) is 36.1 Å². The first-order valence-corrected chi connectivity index (χ1v) is 8.36. The summed E-state index contributed by atoms with van der Waals surface area (Å²) in [6.07, 6.45) is 6.95. The molecule has 21 heavy (non-hydrogen) atoms. The molecule has 4 heteroatoms. The van der Waals surface area contributed by atoms with Crippen LogP contribution in [0.25, 0.3) is 0 Å². The molecule has 0 aromatic heterocycles. The molecule has 0 N–H and O–H groups in total. The van der Waals surface area contributed by atoms with Crippen LogP contribution in [-0.2, 0) is 0 Å². The van der Waals surface area contributed by atoms with Gasteiger partial charge in [0.05, 0.1) is 11.1 Å². The van der Waals surface area contributed by atoms with Crippen molar-refractivity contribution < 1.29 is 9.59 Å². The van der Waals surface area contributed by atoms with Crippen LogP contribution >= 0.6 is 12.6 Å². The van der Waals surface area contributed by atoms with E-state index >= 15 is 0 Å². The normalized spacial score (nSPS) is 21.3. The van der Waals surface area contributed by atoms with E-state index in [0.29, 0.717) is 17.7 Å². The highest BCUT2D eigenvalue weighted by atomic mass is 32.1. The first-order chi connectivity index (χ1) is 10.2. The number of rotatable bonds is 3. The van der Waals surface area contributed by atoms with E-state index in [9.17, 15) is 9.59 Å². The zero-order valence-corrected chi connectivity index (χ0v) is 13.1. The number of amides is 2. The summed E-state index contributed by atoms with van der Waals surface area (Å²) < 4.78 is 0. The molecule has 0 spiro atoms. The average molecular weight is 303 g/mol. The number of carbonyl (C=O) groups excluding carboxylic acids is 2. The molecule has 1 aliphatic carbocycles. The molecule has 1 heterocycles. The van der Waals surface area contributed by atoms with Crippen LogP contribution in [0.15, 0.2) is 24.3 Å². The quantitative estimate of drug-likeness (QED) is 0.527. The molecule has 2 aliphatic rings. The lowest BCUT2D eigenvalue weighted by Crippen LogP contribution is -2.42. The van der Waals surface area contributed by atoms with Crippen molar-refractivity contribution in [2.75, 3.05) is 12.3 Å². The Labute approximate surface area is 131 Å². The predicted molar refractivity (Wildman–Crippen MR) is 85.8 cm³/mol. The van der Waals surface area contributed by atoms with Crippen LogP contribution < -0.4 is 0 Å². The molecule has 1 aliphatic heterocycles. The van der Waals surface area contributed by atoms with Gasteiger partial charge in [-0.15, -0.1) is 0 Å². The summed E-state index contributed by atoms with van der Waals surface area (Å²) >= 11 is 4.54. The zero-order chi connectivity index (χ0) is 14.9. The van der Waals surface area contributed by atoms with E-state index < -0.39 is 0 Å².